The van der Waals surface area contributed by atoms with Gasteiger partial charge in [-0.2, -0.15) is 0 Å². The molecule has 2 rings (SSSR count). The minimum Gasteiger partial charge on any atom is -0.361 e. The predicted molar refractivity (Wildman–Crippen MR) is 84.0 cm³/mol. The first-order chi connectivity index (χ1) is 8.72. The standard InChI is InChI=1S/C17H28N2/c1-13-11-18-12-17(5,6)19(13)15-9-7-14(8-10-15)16(2,3)4/h7-10,13,18H,11-12H2,1-6H3. The highest BCUT2D eigenvalue weighted by atomic mass is 15.3. The van der Waals surface area contributed by atoms with Crippen molar-refractivity contribution in [1.82, 2.24) is 5.32 Å². The Balaban J connectivity index is 2.30. The van der Waals surface area contributed by atoms with Crippen LogP contribution in [0.1, 0.15) is 47.1 Å². The van der Waals surface area contributed by atoms with Gasteiger partial charge in [0.15, 0.2) is 0 Å². The summed E-state index contributed by atoms with van der Waals surface area (Å²) in [6, 6.07) is 9.65. The van der Waals surface area contributed by atoms with Gasteiger partial charge in [0.1, 0.15) is 0 Å². The summed E-state index contributed by atoms with van der Waals surface area (Å²) in [4.78, 5) is 2.55. The molecule has 1 heterocycles. The second-order valence-electron chi connectivity index (χ2n) is 7.46. The zero-order chi connectivity index (χ0) is 14.3. The maximum absolute atomic E-state index is 3.52. The average Bonchev–Trinajstić information content (AvgIpc) is 2.27. The van der Waals surface area contributed by atoms with E-state index in [-0.39, 0.29) is 11.0 Å². The van der Waals surface area contributed by atoms with Crippen LogP contribution in [-0.2, 0) is 5.41 Å². The molecule has 1 aromatic carbocycles. The fourth-order valence-corrected chi connectivity index (χ4v) is 3.09. The van der Waals surface area contributed by atoms with E-state index < -0.39 is 0 Å². The number of piperazine rings is 1. The summed E-state index contributed by atoms with van der Waals surface area (Å²) in [5, 5.41) is 3.52. The van der Waals surface area contributed by atoms with Crippen molar-refractivity contribution in [1.29, 1.82) is 0 Å². The summed E-state index contributed by atoms with van der Waals surface area (Å²) >= 11 is 0. The molecule has 1 N–H and O–H groups in total. The summed E-state index contributed by atoms with van der Waals surface area (Å²) in [6.45, 7) is 15.8. The largest absolute Gasteiger partial charge is 0.361 e. The van der Waals surface area contributed by atoms with Crippen LogP contribution in [0, 0.1) is 0 Å². The Morgan fingerprint density at radius 1 is 1.16 bits per heavy atom. The first kappa shape index (κ1) is 14.4. The van der Waals surface area contributed by atoms with Gasteiger partial charge in [-0.1, -0.05) is 32.9 Å². The average molecular weight is 260 g/mol. The van der Waals surface area contributed by atoms with E-state index >= 15 is 0 Å². The molecular weight excluding hydrogens is 232 g/mol. The van der Waals surface area contributed by atoms with Crippen LogP contribution in [0.3, 0.4) is 0 Å². The van der Waals surface area contributed by atoms with E-state index in [0.717, 1.165) is 13.1 Å². The van der Waals surface area contributed by atoms with Gasteiger partial charge < -0.3 is 10.2 Å². The number of rotatable bonds is 1. The van der Waals surface area contributed by atoms with Crippen molar-refractivity contribution in [2.45, 2.75) is 58.5 Å². The molecule has 0 radical (unpaired) electrons. The number of nitrogens with one attached hydrogen (secondary N) is 1. The van der Waals surface area contributed by atoms with Gasteiger partial charge in [-0.3, -0.25) is 0 Å². The van der Waals surface area contributed by atoms with Crippen LogP contribution in [0.25, 0.3) is 0 Å². The third kappa shape index (κ3) is 2.94. The maximum atomic E-state index is 3.52. The highest BCUT2D eigenvalue weighted by Gasteiger charge is 2.34. The van der Waals surface area contributed by atoms with Gasteiger partial charge in [0.05, 0.1) is 0 Å². The number of hydrogen-bond acceptors (Lipinski definition) is 2. The highest BCUT2D eigenvalue weighted by molar-refractivity contribution is 5.52. The quantitative estimate of drug-likeness (QED) is 0.830. The third-order valence-electron chi connectivity index (χ3n) is 4.10. The molecule has 1 aliphatic heterocycles. The van der Waals surface area contributed by atoms with Gasteiger partial charge in [-0.25, -0.2) is 0 Å². The van der Waals surface area contributed by atoms with Gasteiger partial charge in [0.25, 0.3) is 0 Å². The molecular formula is C17H28N2. The zero-order valence-electron chi connectivity index (χ0n) is 13.2. The Labute approximate surface area is 118 Å². The van der Waals surface area contributed by atoms with Gasteiger partial charge in [-0.05, 0) is 43.9 Å². The van der Waals surface area contributed by atoms with E-state index in [2.05, 4.69) is 76.0 Å². The minimum atomic E-state index is 0.168. The fraction of sp³-hybridized carbons (Fsp3) is 0.647. The summed E-state index contributed by atoms with van der Waals surface area (Å²) in [6.07, 6.45) is 0. The second-order valence-corrected chi connectivity index (χ2v) is 7.46. The van der Waals surface area contributed by atoms with Crippen molar-refractivity contribution >= 4 is 5.69 Å². The minimum absolute atomic E-state index is 0.168. The fourth-order valence-electron chi connectivity index (χ4n) is 3.09. The van der Waals surface area contributed by atoms with E-state index in [1.54, 1.807) is 0 Å². The van der Waals surface area contributed by atoms with E-state index in [0.29, 0.717) is 6.04 Å². The molecule has 0 saturated carbocycles. The molecule has 1 fully saturated rings. The zero-order valence-corrected chi connectivity index (χ0v) is 13.2. The van der Waals surface area contributed by atoms with E-state index in [1.807, 2.05) is 0 Å². The van der Waals surface area contributed by atoms with Crippen LogP contribution < -0.4 is 10.2 Å². The Morgan fingerprint density at radius 3 is 2.21 bits per heavy atom. The predicted octanol–water partition coefficient (Wildman–Crippen LogP) is 3.56. The lowest BCUT2D eigenvalue weighted by molar-refractivity contribution is 0.334. The Morgan fingerprint density at radius 2 is 1.74 bits per heavy atom. The van der Waals surface area contributed by atoms with Crippen molar-refractivity contribution < 1.29 is 0 Å². The van der Waals surface area contributed by atoms with Crippen LogP contribution in [0.2, 0.25) is 0 Å². The monoisotopic (exact) mass is 260 g/mol. The highest BCUT2D eigenvalue weighted by Crippen LogP contribution is 2.31. The molecule has 0 amide bonds. The summed E-state index contributed by atoms with van der Waals surface area (Å²) in [5.74, 6) is 0. The second kappa shape index (κ2) is 4.82. The smallest absolute Gasteiger partial charge is 0.0473 e. The van der Waals surface area contributed by atoms with Crippen molar-refractivity contribution in [3.05, 3.63) is 29.8 Å². The summed E-state index contributed by atoms with van der Waals surface area (Å²) in [5.41, 5.74) is 3.13. The van der Waals surface area contributed by atoms with E-state index in [4.69, 9.17) is 0 Å². The lowest BCUT2D eigenvalue weighted by atomic mass is 9.86. The van der Waals surface area contributed by atoms with Crippen molar-refractivity contribution in [2.24, 2.45) is 0 Å². The van der Waals surface area contributed by atoms with Crippen LogP contribution in [0.4, 0.5) is 5.69 Å². The number of hydrogen-bond donors (Lipinski definition) is 1. The Hall–Kier alpha value is -1.02. The number of nitrogens with zero attached hydrogens (tertiary/aromatic N) is 1. The normalized spacial score (nSPS) is 23.5. The lowest BCUT2D eigenvalue weighted by Gasteiger charge is -2.48. The van der Waals surface area contributed by atoms with Gasteiger partial charge >= 0.3 is 0 Å². The topological polar surface area (TPSA) is 15.3 Å². The molecule has 19 heavy (non-hydrogen) atoms. The molecule has 0 aliphatic carbocycles. The molecule has 1 saturated heterocycles. The van der Waals surface area contributed by atoms with Gasteiger partial charge in [0, 0.05) is 30.4 Å². The molecule has 2 heteroatoms. The molecule has 0 spiro atoms. The van der Waals surface area contributed by atoms with Crippen molar-refractivity contribution in [3.63, 3.8) is 0 Å². The molecule has 1 aromatic rings. The summed E-state index contributed by atoms with van der Waals surface area (Å²) < 4.78 is 0. The summed E-state index contributed by atoms with van der Waals surface area (Å²) in [7, 11) is 0. The first-order valence-corrected chi connectivity index (χ1v) is 7.32. The Kier molecular flexibility index (Phi) is 3.65. The lowest BCUT2D eigenvalue weighted by Crippen LogP contribution is -2.62. The Bertz CT molecular complexity index is 426. The molecule has 1 atom stereocenters. The molecule has 0 aromatic heterocycles. The molecule has 0 bridgehead atoms. The van der Waals surface area contributed by atoms with Gasteiger partial charge in [-0.15, -0.1) is 0 Å². The van der Waals surface area contributed by atoms with Gasteiger partial charge in [0.2, 0.25) is 0 Å². The molecule has 1 aliphatic rings. The van der Waals surface area contributed by atoms with E-state index in [9.17, 15) is 0 Å². The number of benzene rings is 1. The van der Waals surface area contributed by atoms with Crippen LogP contribution in [0.15, 0.2) is 24.3 Å². The SMILES string of the molecule is CC1CNCC(C)(C)N1c1ccc(C(C)(C)C)cc1. The van der Waals surface area contributed by atoms with Crippen LogP contribution >= 0.6 is 0 Å². The van der Waals surface area contributed by atoms with Crippen molar-refractivity contribution in [2.75, 3.05) is 18.0 Å². The van der Waals surface area contributed by atoms with Crippen molar-refractivity contribution in [3.8, 4) is 0 Å². The van der Waals surface area contributed by atoms with E-state index in [1.165, 1.54) is 11.3 Å². The molecule has 2 nitrogen and oxygen atoms in total. The molecule has 1 unspecified atom stereocenters. The maximum Gasteiger partial charge on any atom is 0.0473 e. The molecule has 106 valence electrons. The number of anilines is 1. The van der Waals surface area contributed by atoms with Crippen LogP contribution in [-0.4, -0.2) is 24.7 Å². The van der Waals surface area contributed by atoms with Crippen LogP contribution in [0.5, 0.6) is 0 Å². The first-order valence-electron chi connectivity index (χ1n) is 7.32. The third-order valence-corrected chi connectivity index (χ3v) is 4.10.